The monoisotopic (exact) mass is 293 g/mol. The number of aliphatic hydroxyl groups excluding tert-OH is 1. The van der Waals surface area contributed by atoms with Gasteiger partial charge < -0.3 is 15.7 Å². The van der Waals surface area contributed by atoms with Gasteiger partial charge in [0, 0.05) is 18.2 Å². The molecule has 3 N–H and O–H groups in total. The summed E-state index contributed by atoms with van der Waals surface area (Å²) in [4.78, 5) is 4.54. The lowest BCUT2D eigenvalue weighted by molar-refractivity contribution is 0.275. The Hall–Kier alpha value is -1.62. The third-order valence-electron chi connectivity index (χ3n) is 3.74. The van der Waals surface area contributed by atoms with E-state index in [9.17, 15) is 4.39 Å². The molecule has 0 aliphatic heterocycles. The van der Waals surface area contributed by atoms with Crippen molar-refractivity contribution < 1.29 is 9.50 Å². The van der Waals surface area contributed by atoms with Crippen LogP contribution < -0.4 is 10.6 Å². The number of benzene rings is 1. The molecule has 2 rings (SSSR count). The maximum atomic E-state index is 13.3. The minimum absolute atomic E-state index is 0.288. The highest BCUT2D eigenvalue weighted by atomic mass is 19.1. The van der Waals surface area contributed by atoms with Crippen LogP contribution in [0, 0.1) is 5.82 Å². The van der Waals surface area contributed by atoms with E-state index in [1.165, 1.54) is 31.7 Å². The Morgan fingerprint density at radius 2 is 2.14 bits per heavy atom. The summed E-state index contributed by atoms with van der Waals surface area (Å²) in [5.41, 5.74) is 1.21. The molecular weight excluding hydrogens is 269 g/mol. The highest BCUT2D eigenvalue weighted by Crippen LogP contribution is 2.17. The molecule has 0 saturated heterocycles. The molecule has 5 heteroatoms. The van der Waals surface area contributed by atoms with E-state index in [1.807, 2.05) is 6.92 Å². The second kappa shape index (κ2) is 7.98. The lowest BCUT2D eigenvalue weighted by Crippen LogP contribution is -2.42. The summed E-state index contributed by atoms with van der Waals surface area (Å²) in [7, 11) is 0. The maximum Gasteiger partial charge on any atom is 0.191 e. The van der Waals surface area contributed by atoms with Gasteiger partial charge in [-0.25, -0.2) is 9.38 Å². The number of guanidine groups is 1. The van der Waals surface area contributed by atoms with Gasteiger partial charge in [-0.05, 0) is 37.5 Å². The summed E-state index contributed by atoms with van der Waals surface area (Å²) in [6.07, 6.45) is 4.93. The summed E-state index contributed by atoms with van der Waals surface area (Å²) < 4.78 is 13.3. The van der Waals surface area contributed by atoms with E-state index in [-0.39, 0.29) is 12.4 Å². The van der Waals surface area contributed by atoms with E-state index < -0.39 is 0 Å². The van der Waals surface area contributed by atoms with Crippen molar-refractivity contribution in [1.29, 1.82) is 0 Å². The van der Waals surface area contributed by atoms with E-state index in [0.29, 0.717) is 18.2 Å². The lowest BCUT2D eigenvalue weighted by Gasteiger charge is -2.16. The maximum absolute atomic E-state index is 13.3. The second-order valence-electron chi connectivity index (χ2n) is 5.40. The van der Waals surface area contributed by atoms with Crippen molar-refractivity contribution in [1.82, 2.24) is 10.6 Å². The Labute approximate surface area is 125 Å². The number of aliphatic imine (C=N–C) groups is 1. The van der Waals surface area contributed by atoms with Gasteiger partial charge in [0.1, 0.15) is 5.82 Å². The summed E-state index contributed by atoms with van der Waals surface area (Å²) in [6, 6.07) is 5.26. The summed E-state index contributed by atoms with van der Waals surface area (Å²) in [5, 5.41) is 15.8. The van der Waals surface area contributed by atoms with Crippen LogP contribution in [0.4, 0.5) is 4.39 Å². The first-order chi connectivity index (χ1) is 10.2. The van der Waals surface area contributed by atoms with Crippen molar-refractivity contribution in [2.24, 2.45) is 4.99 Å². The predicted molar refractivity (Wildman–Crippen MR) is 82.5 cm³/mol. The zero-order chi connectivity index (χ0) is 15.1. The Balaban J connectivity index is 2.00. The minimum atomic E-state index is -0.374. The van der Waals surface area contributed by atoms with Crippen LogP contribution in [-0.2, 0) is 13.2 Å². The number of nitrogens with zero attached hydrogens (tertiary/aromatic N) is 1. The molecule has 1 aromatic carbocycles. The van der Waals surface area contributed by atoms with E-state index in [1.54, 1.807) is 12.1 Å². The molecule has 21 heavy (non-hydrogen) atoms. The summed E-state index contributed by atoms with van der Waals surface area (Å²) >= 11 is 0. The molecule has 1 saturated carbocycles. The lowest BCUT2D eigenvalue weighted by atomic mass is 10.1. The van der Waals surface area contributed by atoms with Gasteiger partial charge in [-0.3, -0.25) is 0 Å². The molecule has 0 atom stereocenters. The van der Waals surface area contributed by atoms with Crippen molar-refractivity contribution in [2.75, 3.05) is 6.54 Å². The number of nitrogens with one attached hydrogen (secondary N) is 2. The fraction of sp³-hybridized carbons (Fsp3) is 0.562. The molecule has 0 unspecified atom stereocenters. The van der Waals surface area contributed by atoms with E-state index in [2.05, 4.69) is 15.6 Å². The Bertz CT molecular complexity index is 484. The van der Waals surface area contributed by atoms with Crippen LogP contribution in [0.3, 0.4) is 0 Å². The van der Waals surface area contributed by atoms with Crippen LogP contribution in [-0.4, -0.2) is 23.7 Å². The Morgan fingerprint density at radius 1 is 1.38 bits per heavy atom. The van der Waals surface area contributed by atoms with Gasteiger partial charge in [0.15, 0.2) is 5.96 Å². The normalized spacial score (nSPS) is 16.2. The third kappa shape index (κ3) is 4.70. The number of hydrogen-bond donors (Lipinski definition) is 3. The van der Waals surface area contributed by atoms with Crippen LogP contribution in [0.2, 0.25) is 0 Å². The van der Waals surface area contributed by atoms with Gasteiger partial charge in [-0.15, -0.1) is 0 Å². The fourth-order valence-corrected chi connectivity index (χ4v) is 2.60. The first-order valence-corrected chi connectivity index (χ1v) is 7.66. The topological polar surface area (TPSA) is 56.7 Å². The number of aliphatic hydroxyl groups is 1. The molecular formula is C16H24FN3O. The highest BCUT2D eigenvalue weighted by Gasteiger charge is 2.15. The van der Waals surface area contributed by atoms with Crippen LogP contribution in [0.1, 0.15) is 43.7 Å². The number of halogens is 1. The zero-order valence-corrected chi connectivity index (χ0v) is 12.5. The second-order valence-corrected chi connectivity index (χ2v) is 5.40. The molecule has 0 aromatic heterocycles. The zero-order valence-electron chi connectivity index (χ0n) is 12.5. The van der Waals surface area contributed by atoms with Gasteiger partial charge in [-0.1, -0.05) is 18.9 Å². The van der Waals surface area contributed by atoms with Crippen LogP contribution in [0.15, 0.2) is 23.2 Å². The van der Waals surface area contributed by atoms with Crippen molar-refractivity contribution in [3.63, 3.8) is 0 Å². The molecule has 0 amide bonds. The quantitative estimate of drug-likeness (QED) is 0.577. The molecule has 0 radical (unpaired) electrons. The Morgan fingerprint density at radius 3 is 2.81 bits per heavy atom. The van der Waals surface area contributed by atoms with Gasteiger partial charge in [0.25, 0.3) is 0 Å². The molecule has 1 aromatic rings. The smallest absolute Gasteiger partial charge is 0.191 e. The largest absolute Gasteiger partial charge is 0.392 e. The van der Waals surface area contributed by atoms with Crippen LogP contribution >= 0.6 is 0 Å². The molecule has 0 spiro atoms. The molecule has 1 aliphatic carbocycles. The minimum Gasteiger partial charge on any atom is -0.392 e. The Kier molecular flexibility index (Phi) is 5.99. The SMILES string of the molecule is CCNC(=NCc1ccc(F)c(CO)c1)NC1CCCC1. The highest BCUT2D eigenvalue weighted by molar-refractivity contribution is 5.80. The van der Waals surface area contributed by atoms with Crippen molar-refractivity contribution in [3.05, 3.63) is 35.1 Å². The van der Waals surface area contributed by atoms with Gasteiger partial charge in [0.2, 0.25) is 0 Å². The first kappa shape index (κ1) is 15.8. The van der Waals surface area contributed by atoms with Gasteiger partial charge >= 0.3 is 0 Å². The third-order valence-corrected chi connectivity index (χ3v) is 3.74. The van der Waals surface area contributed by atoms with Crippen molar-refractivity contribution in [3.8, 4) is 0 Å². The van der Waals surface area contributed by atoms with Crippen molar-refractivity contribution >= 4 is 5.96 Å². The number of hydrogen-bond acceptors (Lipinski definition) is 2. The van der Waals surface area contributed by atoms with E-state index >= 15 is 0 Å². The van der Waals surface area contributed by atoms with E-state index in [4.69, 9.17) is 5.11 Å². The van der Waals surface area contributed by atoms with Gasteiger partial charge in [0.05, 0.1) is 13.2 Å². The average Bonchev–Trinajstić information content (AvgIpc) is 2.99. The number of rotatable bonds is 5. The molecule has 0 heterocycles. The average molecular weight is 293 g/mol. The molecule has 4 nitrogen and oxygen atoms in total. The molecule has 0 bridgehead atoms. The van der Waals surface area contributed by atoms with Crippen LogP contribution in [0.5, 0.6) is 0 Å². The summed E-state index contributed by atoms with van der Waals surface area (Å²) in [6.45, 7) is 3.02. The first-order valence-electron chi connectivity index (χ1n) is 7.66. The van der Waals surface area contributed by atoms with Gasteiger partial charge in [-0.2, -0.15) is 0 Å². The molecule has 116 valence electrons. The van der Waals surface area contributed by atoms with E-state index in [0.717, 1.165) is 18.1 Å². The van der Waals surface area contributed by atoms with Crippen molar-refractivity contribution in [2.45, 2.75) is 51.8 Å². The fourth-order valence-electron chi connectivity index (χ4n) is 2.60. The standard InChI is InChI=1S/C16H24FN3O/c1-2-18-16(20-14-5-3-4-6-14)19-10-12-7-8-15(17)13(9-12)11-21/h7-9,14,21H,2-6,10-11H2,1H3,(H2,18,19,20). The summed E-state index contributed by atoms with van der Waals surface area (Å²) in [5.74, 6) is 0.431. The predicted octanol–water partition coefficient (Wildman–Crippen LogP) is 2.32. The van der Waals surface area contributed by atoms with Crippen LogP contribution in [0.25, 0.3) is 0 Å². The molecule has 1 aliphatic rings. The molecule has 1 fully saturated rings.